The van der Waals surface area contributed by atoms with E-state index in [0.717, 1.165) is 5.56 Å². The molecule has 1 N–H and O–H groups in total. The summed E-state index contributed by atoms with van der Waals surface area (Å²) < 4.78 is 44.7. The zero-order valence-electron chi connectivity index (χ0n) is 12.8. The van der Waals surface area contributed by atoms with Gasteiger partial charge in [-0.3, -0.25) is 4.68 Å². The van der Waals surface area contributed by atoms with Crippen LogP contribution in [0.25, 0.3) is 11.3 Å². The minimum Gasteiger partial charge on any atom is -0.377 e. The third-order valence-electron chi connectivity index (χ3n) is 3.42. The molecule has 0 atom stereocenters. The Morgan fingerprint density at radius 2 is 2.04 bits per heavy atom. The second-order valence-electron chi connectivity index (χ2n) is 5.38. The zero-order valence-corrected chi connectivity index (χ0v) is 12.8. The molecule has 3 rings (SSSR count). The quantitative estimate of drug-likeness (QED) is 0.770. The van der Waals surface area contributed by atoms with Crippen LogP contribution in [0.2, 0.25) is 0 Å². The Hall–Kier alpha value is -2.77. The number of benzene rings is 1. The second kappa shape index (κ2) is 6.38. The van der Waals surface area contributed by atoms with E-state index in [1.165, 1.54) is 6.07 Å². The van der Waals surface area contributed by atoms with Crippen molar-refractivity contribution in [2.24, 2.45) is 7.05 Å². The summed E-state index contributed by atoms with van der Waals surface area (Å²) in [4.78, 5) is 0. The van der Waals surface area contributed by atoms with Gasteiger partial charge in [0.05, 0.1) is 19.2 Å². The van der Waals surface area contributed by atoms with Gasteiger partial charge in [-0.05, 0) is 11.6 Å². The molecular formula is C16H15F3N4O. The minimum absolute atomic E-state index is 0.192. The predicted molar refractivity (Wildman–Crippen MR) is 82.2 cm³/mol. The molecule has 2 heterocycles. The number of hydrogen-bond acceptors (Lipinski definition) is 4. The molecule has 0 aliphatic rings. The van der Waals surface area contributed by atoms with Crippen molar-refractivity contribution >= 4 is 5.69 Å². The van der Waals surface area contributed by atoms with Crippen molar-refractivity contribution in [3.8, 4) is 11.3 Å². The van der Waals surface area contributed by atoms with E-state index in [4.69, 9.17) is 4.52 Å². The lowest BCUT2D eigenvalue weighted by Gasteiger charge is -2.12. The van der Waals surface area contributed by atoms with Gasteiger partial charge < -0.3 is 9.84 Å². The highest BCUT2D eigenvalue weighted by Gasteiger charge is 2.28. The van der Waals surface area contributed by atoms with Crippen molar-refractivity contribution in [3.63, 3.8) is 0 Å². The van der Waals surface area contributed by atoms with Gasteiger partial charge in [0.25, 0.3) is 0 Å². The molecule has 0 radical (unpaired) electrons. The van der Waals surface area contributed by atoms with Crippen molar-refractivity contribution < 1.29 is 17.7 Å². The number of anilines is 1. The maximum atomic E-state index is 12.6. The molecule has 0 fully saturated rings. The smallest absolute Gasteiger partial charge is 0.377 e. The molecule has 24 heavy (non-hydrogen) atoms. The molecule has 0 saturated heterocycles. The van der Waals surface area contributed by atoms with Crippen LogP contribution in [0.15, 0.2) is 47.2 Å². The second-order valence-corrected chi connectivity index (χ2v) is 5.38. The third-order valence-corrected chi connectivity index (χ3v) is 3.42. The van der Waals surface area contributed by atoms with E-state index in [0.29, 0.717) is 17.1 Å². The molecule has 0 spiro atoms. The van der Waals surface area contributed by atoms with Gasteiger partial charge >= 0.3 is 6.18 Å². The summed E-state index contributed by atoms with van der Waals surface area (Å²) in [6.45, 7) is 0.238. The normalized spacial score (nSPS) is 11.7. The highest BCUT2D eigenvalue weighted by Crippen LogP contribution is 2.26. The molecule has 1 aromatic carbocycles. The number of aromatic nitrogens is 3. The zero-order chi connectivity index (χ0) is 17.2. The Kier molecular flexibility index (Phi) is 4.28. The summed E-state index contributed by atoms with van der Waals surface area (Å²) >= 11 is 0. The lowest BCUT2D eigenvalue weighted by atomic mass is 10.1. The van der Waals surface area contributed by atoms with Gasteiger partial charge in [-0.15, -0.1) is 0 Å². The Bertz CT molecular complexity index is 823. The van der Waals surface area contributed by atoms with Gasteiger partial charge in [-0.1, -0.05) is 23.4 Å². The summed E-state index contributed by atoms with van der Waals surface area (Å²) in [5.74, 6) is 0.524. The van der Waals surface area contributed by atoms with E-state index in [9.17, 15) is 13.2 Å². The molecule has 2 aromatic heterocycles. The fraction of sp³-hybridized carbons (Fsp3) is 0.250. The average Bonchev–Trinajstić information content (AvgIpc) is 3.13. The summed E-state index contributed by atoms with van der Waals surface area (Å²) in [6.07, 6.45) is -1.77. The molecule has 0 bridgehead atoms. The summed E-state index contributed by atoms with van der Waals surface area (Å²) in [6, 6.07) is 8.07. The van der Waals surface area contributed by atoms with Gasteiger partial charge in [0.15, 0.2) is 5.76 Å². The molecular weight excluding hydrogens is 321 g/mol. The van der Waals surface area contributed by atoms with Crippen molar-refractivity contribution in [1.29, 1.82) is 0 Å². The van der Waals surface area contributed by atoms with E-state index < -0.39 is 12.6 Å². The van der Waals surface area contributed by atoms with E-state index in [2.05, 4.69) is 15.6 Å². The van der Waals surface area contributed by atoms with E-state index in [-0.39, 0.29) is 12.1 Å². The van der Waals surface area contributed by atoms with Crippen LogP contribution in [0.5, 0.6) is 0 Å². The topological polar surface area (TPSA) is 55.9 Å². The fourth-order valence-corrected chi connectivity index (χ4v) is 2.33. The van der Waals surface area contributed by atoms with E-state index >= 15 is 0 Å². The molecule has 0 aliphatic carbocycles. The van der Waals surface area contributed by atoms with Crippen molar-refractivity contribution in [3.05, 3.63) is 54.0 Å². The molecule has 0 unspecified atom stereocenters. The fourth-order valence-electron chi connectivity index (χ4n) is 2.33. The van der Waals surface area contributed by atoms with Crippen LogP contribution in [0.3, 0.4) is 0 Å². The molecule has 0 amide bonds. The Morgan fingerprint density at radius 1 is 1.25 bits per heavy atom. The van der Waals surface area contributed by atoms with Crippen LogP contribution in [0.4, 0.5) is 18.9 Å². The number of alkyl halides is 3. The summed E-state index contributed by atoms with van der Waals surface area (Å²) in [7, 11) is 1.80. The van der Waals surface area contributed by atoms with Gasteiger partial charge in [0.1, 0.15) is 5.69 Å². The van der Waals surface area contributed by atoms with Crippen molar-refractivity contribution in [1.82, 2.24) is 14.9 Å². The van der Waals surface area contributed by atoms with Gasteiger partial charge in [0, 0.05) is 30.6 Å². The molecule has 3 aromatic rings. The maximum Gasteiger partial charge on any atom is 0.393 e. The molecule has 5 nitrogen and oxygen atoms in total. The number of hydrogen-bond donors (Lipinski definition) is 1. The van der Waals surface area contributed by atoms with Gasteiger partial charge in [0.2, 0.25) is 0 Å². The summed E-state index contributed by atoms with van der Waals surface area (Å²) in [5.41, 5.74) is 2.06. The molecule has 126 valence electrons. The van der Waals surface area contributed by atoms with Crippen LogP contribution in [0, 0.1) is 0 Å². The standard InChI is InChI=1S/C16H15F3N4O/c1-23-10-12(8-21-23)15-6-13(24-22-15)9-20-14-5-3-2-4-11(14)7-16(17,18)19/h2-6,8,10,20H,7,9H2,1H3. The summed E-state index contributed by atoms with van der Waals surface area (Å²) in [5, 5.41) is 11.0. The van der Waals surface area contributed by atoms with Crippen LogP contribution in [-0.2, 0) is 20.0 Å². The first kappa shape index (κ1) is 16.1. The number of nitrogens with zero attached hydrogens (tertiary/aromatic N) is 3. The molecule has 0 aliphatic heterocycles. The Balaban J connectivity index is 1.69. The first-order valence-electron chi connectivity index (χ1n) is 7.24. The van der Waals surface area contributed by atoms with Gasteiger partial charge in [-0.2, -0.15) is 18.3 Å². The predicted octanol–water partition coefficient (Wildman–Crippen LogP) is 3.79. The number of para-hydroxylation sites is 1. The highest BCUT2D eigenvalue weighted by molar-refractivity contribution is 5.57. The largest absolute Gasteiger partial charge is 0.393 e. The maximum absolute atomic E-state index is 12.6. The van der Waals surface area contributed by atoms with Gasteiger partial charge in [-0.25, -0.2) is 0 Å². The van der Waals surface area contributed by atoms with Crippen molar-refractivity contribution in [2.75, 3.05) is 5.32 Å². The Morgan fingerprint density at radius 3 is 2.75 bits per heavy atom. The number of aryl methyl sites for hydroxylation is 1. The number of rotatable bonds is 5. The molecule has 0 saturated carbocycles. The van der Waals surface area contributed by atoms with E-state index in [1.54, 1.807) is 48.4 Å². The minimum atomic E-state index is -4.25. The van der Waals surface area contributed by atoms with Crippen LogP contribution in [-0.4, -0.2) is 21.1 Å². The third kappa shape index (κ3) is 3.95. The highest BCUT2D eigenvalue weighted by atomic mass is 19.4. The number of halogens is 3. The lowest BCUT2D eigenvalue weighted by molar-refractivity contribution is -0.127. The SMILES string of the molecule is Cn1cc(-c2cc(CNc3ccccc3CC(F)(F)F)on2)cn1. The monoisotopic (exact) mass is 336 g/mol. The van der Waals surface area contributed by atoms with Crippen LogP contribution < -0.4 is 5.32 Å². The first-order chi connectivity index (χ1) is 11.4. The van der Waals surface area contributed by atoms with Crippen molar-refractivity contribution in [2.45, 2.75) is 19.1 Å². The number of nitrogens with one attached hydrogen (secondary N) is 1. The lowest BCUT2D eigenvalue weighted by Crippen LogP contribution is -2.13. The average molecular weight is 336 g/mol. The Labute approximate surface area is 136 Å². The first-order valence-corrected chi connectivity index (χ1v) is 7.24. The molecule has 8 heteroatoms. The van der Waals surface area contributed by atoms with Crippen LogP contribution >= 0.6 is 0 Å². The van der Waals surface area contributed by atoms with E-state index in [1.807, 2.05) is 0 Å². The van der Waals surface area contributed by atoms with Crippen LogP contribution in [0.1, 0.15) is 11.3 Å².